The molecule has 1 amide bonds. The van der Waals surface area contributed by atoms with Gasteiger partial charge in [0.15, 0.2) is 0 Å². The number of hydrogen-bond donors (Lipinski definition) is 2. The molecule has 0 radical (unpaired) electrons. The Labute approximate surface area is 110 Å². The van der Waals surface area contributed by atoms with Gasteiger partial charge in [0.25, 0.3) is 0 Å². The summed E-state index contributed by atoms with van der Waals surface area (Å²) in [7, 11) is 0. The maximum atomic E-state index is 11.9. The minimum absolute atomic E-state index is 0.0240. The number of amides is 1. The molecule has 6 nitrogen and oxygen atoms in total. The fourth-order valence-corrected chi connectivity index (χ4v) is 1.69. The summed E-state index contributed by atoms with van der Waals surface area (Å²) in [6, 6.07) is 7.31. The van der Waals surface area contributed by atoms with Gasteiger partial charge in [-0.05, 0) is 24.6 Å². The largest absolute Gasteiger partial charge is 0.397 e. The molecule has 0 unspecified atom stereocenters. The number of rotatable bonds is 3. The zero-order valence-electron chi connectivity index (χ0n) is 10.4. The second kappa shape index (κ2) is 5.23. The monoisotopic (exact) mass is 255 g/mol. The SMILES string of the molecule is Cc1ccc(NC(=O)Cn2ccnc2C#N)c(N)c1. The minimum Gasteiger partial charge on any atom is -0.397 e. The van der Waals surface area contributed by atoms with Crippen LogP contribution in [-0.4, -0.2) is 15.5 Å². The number of aromatic nitrogens is 2. The van der Waals surface area contributed by atoms with E-state index in [1.807, 2.05) is 19.1 Å². The zero-order valence-corrected chi connectivity index (χ0v) is 10.4. The van der Waals surface area contributed by atoms with E-state index in [0.717, 1.165) is 5.56 Å². The Hall–Kier alpha value is -2.81. The molecule has 6 heteroatoms. The summed E-state index contributed by atoms with van der Waals surface area (Å²) in [5.74, 6) is -0.0583. The fourth-order valence-electron chi connectivity index (χ4n) is 1.69. The topological polar surface area (TPSA) is 96.7 Å². The number of aryl methyl sites for hydroxylation is 1. The molecule has 2 aromatic rings. The Morgan fingerprint density at radius 1 is 1.58 bits per heavy atom. The van der Waals surface area contributed by atoms with Crippen LogP contribution < -0.4 is 11.1 Å². The van der Waals surface area contributed by atoms with Crippen LogP contribution in [0.4, 0.5) is 11.4 Å². The van der Waals surface area contributed by atoms with Crippen molar-refractivity contribution in [3.05, 3.63) is 42.0 Å². The molecule has 0 aliphatic carbocycles. The van der Waals surface area contributed by atoms with Crippen LogP contribution in [-0.2, 0) is 11.3 Å². The smallest absolute Gasteiger partial charge is 0.244 e. The molecule has 0 fully saturated rings. The molecule has 1 heterocycles. The number of nitrogens with zero attached hydrogens (tertiary/aromatic N) is 3. The number of imidazole rings is 1. The van der Waals surface area contributed by atoms with Gasteiger partial charge < -0.3 is 15.6 Å². The predicted octanol–water partition coefficient (Wildman–Crippen LogP) is 1.28. The van der Waals surface area contributed by atoms with Crippen molar-refractivity contribution in [2.75, 3.05) is 11.1 Å². The molecule has 2 rings (SSSR count). The lowest BCUT2D eigenvalue weighted by Gasteiger charge is -2.09. The highest BCUT2D eigenvalue weighted by atomic mass is 16.1. The Morgan fingerprint density at radius 2 is 2.37 bits per heavy atom. The van der Waals surface area contributed by atoms with Gasteiger partial charge in [-0.15, -0.1) is 0 Å². The number of anilines is 2. The van der Waals surface area contributed by atoms with Crippen LogP contribution in [0, 0.1) is 18.3 Å². The van der Waals surface area contributed by atoms with Crippen molar-refractivity contribution in [3.8, 4) is 6.07 Å². The second-order valence-corrected chi connectivity index (χ2v) is 4.13. The van der Waals surface area contributed by atoms with Gasteiger partial charge in [-0.2, -0.15) is 5.26 Å². The summed E-state index contributed by atoms with van der Waals surface area (Å²) >= 11 is 0. The lowest BCUT2D eigenvalue weighted by molar-refractivity contribution is -0.116. The van der Waals surface area contributed by atoms with E-state index < -0.39 is 0 Å². The fraction of sp³-hybridized carbons (Fsp3) is 0.154. The van der Waals surface area contributed by atoms with E-state index in [-0.39, 0.29) is 18.3 Å². The van der Waals surface area contributed by atoms with Gasteiger partial charge in [0.2, 0.25) is 11.7 Å². The van der Waals surface area contributed by atoms with Crippen LogP contribution in [0.3, 0.4) is 0 Å². The average molecular weight is 255 g/mol. The van der Waals surface area contributed by atoms with Crippen LogP contribution in [0.25, 0.3) is 0 Å². The van der Waals surface area contributed by atoms with E-state index in [1.54, 1.807) is 18.3 Å². The van der Waals surface area contributed by atoms with Gasteiger partial charge in [0.05, 0.1) is 11.4 Å². The molecule has 0 spiro atoms. The van der Waals surface area contributed by atoms with Crippen molar-refractivity contribution in [2.45, 2.75) is 13.5 Å². The van der Waals surface area contributed by atoms with Crippen molar-refractivity contribution in [2.24, 2.45) is 0 Å². The number of nitrogens with one attached hydrogen (secondary N) is 1. The highest BCUT2D eigenvalue weighted by molar-refractivity contribution is 5.93. The zero-order chi connectivity index (χ0) is 13.8. The Balaban J connectivity index is 2.08. The van der Waals surface area contributed by atoms with E-state index in [9.17, 15) is 4.79 Å². The summed E-state index contributed by atoms with van der Waals surface area (Å²) in [5.41, 5.74) is 7.92. The molecule has 0 saturated carbocycles. The van der Waals surface area contributed by atoms with E-state index >= 15 is 0 Å². The number of nitriles is 1. The first kappa shape index (κ1) is 12.6. The molecule has 96 valence electrons. The maximum absolute atomic E-state index is 11.9. The third kappa shape index (κ3) is 2.90. The number of carbonyl (C=O) groups excluding carboxylic acids is 1. The molecule has 1 aromatic heterocycles. The second-order valence-electron chi connectivity index (χ2n) is 4.13. The first-order valence-corrected chi connectivity index (χ1v) is 5.67. The number of nitrogens with two attached hydrogens (primary N) is 1. The predicted molar refractivity (Wildman–Crippen MR) is 71.2 cm³/mol. The average Bonchev–Trinajstić information content (AvgIpc) is 2.80. The van der Waals surface area contributed by atoms with E-state index in [2.05, 4.69) is 10.3 Å². The number of hydrogen-bond acceptors (Lipinski definition) is 4. The molecule has 0 atom stereocenters. The van der Waals surface area contributed by atoms with Gasteiger partial charge >= 0.3 is 0 Å². The van der Waals surface area contributed by atoms with Crippen molar-refractivity contribution in [1.29, 1.82) is 5.26 Å². The van der Waals surface area contributed by atoms with Gasteiger partial charge in [-0.1, -0.05) is 6.07 Å². The molecular formula is C13H13N5O. The van der Waals surface area contributed by atoms with Gasteiger partial charge in [-0.25, -0.2) is 4.98 Å². The molecule has 3 N–H and O–H groups in total. The molecule has 0 aliphatic rings. The van der Waals surface area contributed by atoms with Crippen LogP contribution in [0.1, 0.15) is 11.4 Å². The van der Waals surface area contributed by atoms with Gasteiger partial charge in [-0.3, -0.25) is 4.79 Å². The van der Waals surface area contributed by atoms with Gasteiger partial charge in [0.1, 0.15) is 12.6 Å². The molecular weight excluding hydrogens is 242 g/mol. The first-order chi connectivity index (χ1) is 9.10. The molecule has 0 saturated heterocycles. The first-order valence-electron chi connectivity index (χ1n) is 5.67. The van der Waals surface area contributed by atoms with Crippen LogP contribution in [0.2, 0.25) is 0 Å². The van der Waals surface area contributed by atoms with Crippen molar-refractivity contribution in [3.63, 3.8) is 0 Å². The maximum Gasteiger partial charge on any atom is 0.244 e. The highest BCUT2D eigenvalue weighted by Crippen LogP contribution is 2.19. The van der Waals surface area contributed by atoms with E-state index in [4.69, 9.17) is 11.0 Å². The molecule has 0 aliphatic heterocycles. The van der Waals surface area contributed by atoms with Crippen LogP contribution >= 0.6 is 0 Å². The van der Waals surface area contributed by atoms with E-state index in [0.29, 0.717) is 11.4 Å². The van der Waals surface area contributed by atoms with Gasteiger partial charge in [0, 0.05) is 12.4 Å². The summed E-state index contributed by atoms with van der Waals surface area (Å²) in [5, 5.41) is 11.5. The summed E-state index contributed by atoms with van der Waals surface area (Å²) in [4.78, 5) is 15.7. The van der Waals surface area contributed by atoms with E-state index in [1.165, 1.54) is 10.8 Å². The third-order valence-corrected chi connectivity index (χ3v) is 2.61. The summed E-state index contributed by atoms with van der Waals surface area (Å²) in [6.45, 7) is 1.95. The van der Waals surface area contributed by atoms with Crippen molar-refractivity contribution < 1.29 is 4.79 Å². The standard InChI is InChI=1S/C13H13N5O/c1-9-2-3-11(10(15)6-9)17-13(19)8-18-5-4-16-12(18)7-14/h2-6H,8,15H2,1H3,(H,17,19). The number of benzene rings is 1. The molecule has 19 heavy (non-hydrogen) atoms. The Morgan fingerprint density at radius 3 is 3.05 bits per heavy atom. The number of carbonyl (C=O) groups is 1. The van der Waals surface area contributed by atoms with Crippen LogP contribution in [0.15, 0.2) is 30.6 Å². The lowest BCUT2D eigenvalue weighted by Crippen LogP contribution is -2.19. The normalized spacial score (nSPS) is 9.89. The highest BCUT2D eigenvalue weighted by Gasteiger charge is 2.09. The number of nitrogen functional groups attached to an aromatic ring is 1. The lowest BCUT2D eigenvalue weighted by atomic mass is 10.2. The van der Waals surface area contributed by atoms with Crippen molar-refractivity contribution >= 4 is 17.3 Å². The Kier molecular flexibility index (Phi) is 3.48. The minimum atomic E-state index is -0.259. The quantitative estimate of drug-likeness (QED) is 0.807. The molecule has 1 aromatic carbocycles. The Bertz CT molecular complexity index is 653. The third-order valence-electron chi connectivity index (χ3n) is 2.61. The van der Waals surface area contributed by atoms with Crippen LogP contribution in [0.5, 0.6) is 0 Å². The summed E-state index contributed by atoms with van der Waals surface area (Å²) in [6.07, 6.45) is 3.06. The molecule has 0 bridgehead atoms. The summed E-state index contributed by atoms with van der Waals surface area (Å²) < 4.78 is 1.47. The van der Waals surface area contributed by atoms with Crippen molar-refractivity contribution in [1.82, 2.24) is 9.55 Å².